The van der Waals surface area contributed by atoms with E-state index in [-0.39, 0.29) is 22.9 Å². The van der Waals surface area contributed by atoms with E-state index in [2.05, 4.69) is 25.4 Å². The Morgan fingerprint density at radius 3 is 2.50 bits per heavy atom. The summed E-state index contributed by atoms with van der Waals surface area (Å²) in [5, 5.41) is 7.82. The highest BCUT2D eigenvalue weighted by molar-refractivity contribution is 6.07. The number of carbonyl (C=O) groups is 1. The second-order valence-electron chi connectivity index (χ2n) is 6.87. The highest BCUT2D eigenvalue weighted by Gasteiger charge is 2.36. The standard InChI is InChI=1S/C22H13F3N6O/c23-22(24,25)18-11-17(15-8-3-6-13-5-1-2-7-14(13)15)29-19-16(12-28-31(18)19)20(32)30-21-26-9-4-10-27-21/h1-12H,(H,26,27,30,32). The number of alkyl halides is 3. The maximum absolute atomic E-state index is 13.9. The summed E-state index contributed by atoms with van der Waals surface area (Å²) in [7, 11) is 0. The van der Waals surface area contributed by atoms with E-state index in [1.54, 1.807) is 30.3 Å². The Balaban J connectivity index is 1.71. The van der Waals surface area contributed by atoms with E-state index in [0.29, 0.717) is 10.1 Å². The molecule has 0 atom stereocenters. The zero-order valence-electron chi connectivity index (χ0n) is 16.2. The minimum Gasteiger partial charge on any atom is -0.290 e. The molecule has 7 nitrogen and oxygen atoms in total. The topological polar surface area (TPSA) is 85.1 Å². The monoisotopic (exact) mass is 434 g/mol. The number of halogens is 3. The van der Waals surface area contributed by atoms with Gasteiger partial charge in [-0.3, -0.25) is 10.1 Å². The Morgan fingerprint density at radius 2 is 1.72 bits per heavy atom. The lowest BCUT2D eigenvalue weighted by Gasteiger charge is -2.13. The van der Waals surface area contributed by atoms with Crippen LogP contribution < -0.4 is 5.32 Å². The van der Waals surface area contributed by atoms with Crippen LogP contribution in [0.2, 0.25) is 0 Å². The van der Waals surface area contributed by atoms with E-state index in [4.69, 9.17) is 0 Å². The second-order valence-corrected chi connectivity index (χ2v) is 6.87. The van der Waals surface area contributed by atoms with Gasteiger partial charge in [0.2, 0.25) is 5.95 Å². The van der Waals surface area contributed by atoms with Gasteiger partial charge in [-0.1, -0.05) is 42.5 Å². The molecule has 158 valence electrons. The Hall–Kier alpha value is -4.34. The van der Waals surface area contributed by atoms with E-state index < -0.39 is 17.8 Å². The number of amides is 1. The maximum Gasteiger partial charge on any atom is 0.433 e. The number of nitrogens with zero attached hydrogens (tertiary/aromatic N) is 5. The van der Waals surface area contributed by atoms with Crippen molar-refractivity contribution < 1.29 is 18.0 Å². The summed E-state index contributed by atoms with van der Waals surface area (Å²) >= 11 is 0. The van der Waals surface area contributed by atoms with Crippen LogP contribution in [0.4, 0.5) is 19.1 Å². The van der Waals surface area contributed by atoms with Crippen molar-refractivity contribution in [1.29, 1.82) is 0 Å². The number of nitrogens with one attached hydrogen (secondary N) is 1. The molecular formula is C22H13F3N6O. The maximum atomic E-state index is 13.9. The summed E-state index contributed by atoms with van der Waals surface area (Å²) in [5.74, 6) is -0.708. The number of carbonyl (C=O) groups excluding carboxylic acids is 1. The van der Waals surface area contributed by atoms with E-state index in [1.807, 2.05) is 18.2 Å². The smallest absolute Gasteiger partial charge is 0.290 e. The lowest BCUT2D eigenvalue weighted by molar-refractivity contribution is -0.142. The first kappa shape index (κ1) is 19.6. The molecule has 1 N–H and O–H groups in total. The molecule has 0 saturated heterocycles. The first-order chi connectivity index (χ1) is 15.4. The second kappa shape index (κ2) is 7.41. The van der Waals surface area contributed by atoms with Gasteiger partial charge in [0.1, 0.15) is 5.56 Å². The quantitative estimate of drug-likeness (QED) is 0.448. The van der Waals surface area contributed by atoms with Gasteiger partial charge >= 0.3 is 6.18 Å². The lowest BCUT2D eigenvalue weighted by Crippen LogP contribution is -2.16. The third-order valence-corrected chi connectivity index (χ3v) is 4.86. The average molecular weight is 434 g/mol. The van der Waals surface area contributed by atoms with Crippen molar-refractivity contribution in [2.75, 3.05) is 5.32 Å². The van der Waals surface area contributed by atoms with Crippen molar-refractivity contribution in [2.45, 2.75) is 6.18 Å². The zero-order valence-corrected chi connectivity index (χ0v) is 16.2. The molecule has 2 aromatic carbocycles. The van der Waals surface area contributed by atoms with Crippen LogP contribution in [0.5, 0.6) is 0 Å². The number of hydrogen-bond acceptors (Lipinski definition) is 5. The summed E-state index contributed by atoms with van der Waals surface area (Å²) in [6.45, 7) is 0. The fraction of sp³-hybridized carbons (Fsp3) is 0.0455. The molecule has 0 fully saturated rings. The first-order valence-electron chi connectivity index (χ1n) is 9.44. The van der Waals surface area contributed by atoms with Crippen LogP contribution in [-0.4, -0.2) is 30.5 Å². The molecule has 3 aromatic heterocycles. The third-order valence-electron chi connectivity index (χ3n) is 4.86. The fourth-order valence-corrected chi connectivity index (χ4v) is 3.44. The highest BCUT2D eigenvalue weighted by atomic mass is 19.4. The average Bonchev–Trinajstić information content (AvgIpc) is 3.22. The lowest BCUT2D eigenvalue weighted by atomic mass is 10.0. The number of benzene rings is 2. The largest absolute Gasteiger partial charge is 0.433 e. The minimum absolute atomic E-state index is 0.0121. The summed E-state index contributed by atoms with van der Waals surface area (Å²) < 4.78 is 42.2. The molecule has 5 rings (SSSR count). The molecule has 0 bridgehead atoms. The number of hydrogen-bond donors (Lipinski definition) is 1. The molecule has 3 heterocycles. The van der Waals surface area contributed by atoms with Gasteiger partial charge in [0, 0.05) is 18.0 Å². The van der Waals surface area contributed by atoms with Crippen molar-refractivity contribution in [2.24, 2.45) is 0 Å². The molecule has 0 saturated carbocycles. The number of aromatic nitrogens is 5. The number of anilines is 1. The SMILES string of the molecule is O=C(Nc1ncccn1)c1cnn2c(C(F)(F)F)cc(-c3cccc4ccccc34)nc12. The predicted molar refractivity (Wildman–Crippen MR) is 111 cm³/mol. The van der Waals surface area contributed by atoms with E-state index >= 15 is 0 Å². The fourth-order valence-electron chi connectivity index (χ4n) is 3.44. The molecular weight excluding hydrogens is 421 g/mol. The molecule has 0 aliphatic heterocycles. The van der Waals surface area contributed by atoms with Crippen LogP contribution in [0.25, 0.3) is 27.7 Å². The highest BCUT2D eigenvalue weighted by Crippen LogP contribution is 2.34. The molecule has 0 aliphatic carbocycles. The van der Waals surface area contributed by atoms with Crippen LogP contribution in [0.1, 0.15) is 16.1 Å². The van der Waals surface area contributed by atoms with Gasteiger partial charge < -0.3 is 0 Å². The van der Waals surface area contributed by atoms with Crippen molar-refractivity contribution in [3.8, 4) is 11.3 Å². The van der Waals surface area contributed by atoms with Crippen LogP contribution in [0.15, 0.2) is 73.2 Å². The van der Waals surface area contributed by atoms with Crippen LogP contribution in [-0.2, 0) is 6.18 Å². The summed E-state index contributed by atoms with van der Waals surface area (Å²) in [6, 6.07) is 15.1. The van der Waals surface area contributed by atoms with Crippen molar-refractivity contribution >= 4 is 28.3 Å². The molecule has 0 aliphatic rings. The zero-order chi connectivity index (χ0) is 22.3. The summed E-state index contributed by atoms with van der Waals surface area (Å²) in [6.07, 6.45) is -0.819. The van der Waals surface area contributed by atoms with Gasteiger partial charge in [-0.2, -0.15) is 18.3 Å². The Bertz CT molecular complexity index is 1460. The van der Waals surface area contributed by atoms with Gasteiger partial charge in [-0.15, -0.1) is 0 Å². The van der Waals surface area contributed by atoms with Crippen molar-refractivity contribution in [3.05, 3.63) is 84.4 Å². The third kappa shape index (κ3) is 3.41. The normalized spacial score (nSPS) is 11.7. The summed E-state index contributed by atoms with van der Waals surface area (Å²) in [5.41, 5.74) is -0.816. The Kier molecular flexibility index (Phi) is 4.54. The molecule has 32 heavy (non-hydrogen) atoms. The van der Waals surface area contributed by atoms with Crippen LogP contribution in [0, 0.1) is 0 Å². The molecule has 1 amide bonds. The number of rotatable bonds is 3. The van der Waals surface area contributed by atoms with E-state index in [9.17, 15) is 18.0 Å². The van der Waals surface area contributed by atoms with Crippen LogP contribution >= 0.6 is 0 Å². The van der Waals surface area contributed by atoms with Crippen LogP contribution in [0.3, 0.4) is 0 Å². The molecule has 0 radical (unpaired) electrons. The predicted octanol–water partition coefficient (Wildman–Crippen LogP) is 4.61. The van der Waals surface area contributed by atoms with Gasteiger partial charge in [-0.05, 0) is 22.9 Å². The van der Waals surface area contributed by atoms with E-state index in [1.165, 1.54) is 12.4 Å². The van der Waals surface area contributed by atoms with Gasteiger partial charge in [-0.25, -0.2) is 19.5 Å². The summed E-state index contributed by atoms with van der Waals surface area (Å²) in [4.78, 5) is 24.9. The van der Waals surface area contributed by atoms with Gasteiger partial charge in [0.15, 0.2) is 11.3 Å². The molecule has 0 spiro atoms. The Labute approximate surface area is 178 Å². The van der Waals surface area contributed by atoms with Gasteiger partial charge in [0.25, 0.3) is 5.91 Å². The van der Waals surface area contributed by atoms with Crippen molar-refractivity contribution in [3.63, 3.8) is 0 Å². The first-order valence-corrected chi connectivity index (χ1v) is 9.44. The van der Waals surface area contributed by atoms with Crippen molar-refractivity contribution in [1.82, 2.24) is 24.6 Å². The van der Waals surface area contributed by atoms with E-state index in [0.717, 1.165) is 23.0 Å². The Morgan fingerprint density at radius 1 is 0.969 bits per heavy atom. The molecule has 0 unspecified atom stereocenters. The van der Waals surface area contributed by atoms with Gasteiger partial charge in [0.05, 0.1) is 11.9 Å². The molecule has 10 heteroatoms. The molecule has 5 aromatic rings. The minimum atomic E-state index is -4.72. The number of fused-ring (bicyclic) bond motifs is 2.